The maximum Gasteiger partial charge on any atom is 0.0946 e. The lowest BCUT2D eigenvalue weighted by molar-refractivity contribution is 0.367. The number of imidazole rings is 1. The van der Waals surface area contributed by atoms with Crippen molar-refractivity contribution in [3.05, 3.63) is 54.7 Å². The zero-order valence-electron chi connectivity index (χ0n) is 13.5. The Morgan fingerprint density at radius 3 is 3.04 bits per heavy atom. The average molecular weight is 306 g/mol. The summed E-state index contributed by atoms with van der Waals surface area (Å²) < 4.78 is 2.20. The number of pyridine rings is 1. The SMILES string of the molecule is Cc1cc(N2CCCC(Cn3ccnc3)C2)c2ccccc2n1. The molecule has 0 spiro atoms. The molecule has 2 aromatic heterocycles. The minimum Gasteiger partial charge on any atom is -0.371 e. The fraction of sp³-hybridized carbons (Fsp3) is 0.368. The van der Waals surface area contributed by atoms with Crippen LogP contribution in [0.15, 0.2) is 49.1 Å². The molecule has 23 heavy (non-hydrogen) atoms. The number of piperidine rings is 1. The van der Waals surface area contributed by atoms with E-state index in [1.54, 1.807) is 0 Å². The molecule has 0 radical (unpaired) electrons. The molecule has 1 atom stereocenters. The fourth-order valence-corrected chi connectivity index (χ4v) is 3.67. The normalized spacial score (nSPS) is 18.5. The van der Waals surface area contributed by atoms with Crippen LogP contribution in [0.4, 0.5) is 5.69 Å². The number of aryl methyl sites for hydroxylation is 1. The maximum atomic E-state index is 4.67. The molecular weight excluding hydrogens is 284 g/mol. The standard InChI is InChI=1S/C19H22N4/c1-15-11-19(17-6-2-3-7-18(17)21-15)23-9-4-5-16(13-23)12-22-10-8-20-14-22/h2-3,6-8,10-11,14,16H,4-5,9,12-13H2,1H3. The summed E-state index contributed by atoms with van der Waals surface area (Å²) in [6, 6.07) is 10.7. The summed E-state index contributed by atoms with van der Waals surface area (Å²) in [5.74, 6) is 0.671. The van der Waals surface area contributed by atoms with E-state index in [9.17, 15) is 0 Å². The molecular formula is C19H22N4. The van der Waals surface area contributed by atoms with Gasteiger partial charge < -0.3 is 9.47 Å². The van der Waals surface area contributed by atoms with Gasteiger partial charge in [-0.25, -0.2) is 4.98 Å². The largest absolute Gasteiger partial charge is 0.371 e. The molecule has 1 aromatic carbocycles. The van der Waals surface area contributed by atoms with Gasteiger partial charge in [0.05, 0.1) is 11.8 Å². The van der Waals surface area contributed by atoms with Crippen LogP contribution in [-0.4, -0.2) is 27.6 Å². The van der Waals surface area contributed by atoms with Gasteiger partial charge in [-0.15, -0.1) is 0 Å². The average Bonchev–Trinajstić information content (AvgIpc) is 3.07. The van der Waals surface area contributed by atoms with Gasteiger partial charge in [0.15, 0.2) is 0 Å². The highest BCUT2D eigenvalue weighted by Gasteiger charge is 2.22. The van der Waals surface area contributed by atoms with E-state index >= 15 is 0 Å². The minimum absolute atomic E-state index is 0.671. The number of aromatic nitrogens is 3. The number of fused-ring (bicyclic) bond motifs is 1. The van der Waals surface area contributed by atoms with Gasteiger partial charge in [-0.3, -0.25) is 4.98 Å². The highest BCUT2D eigenvalue weighted by Crippen LogP contribution is 2.30. The highest BCUT2D eigenvalue weighted by atomic mass is 15.1. The fourth-order valence-electron chi connectivity index (χ4n) is 3.67. The first-order valence-corrected chi connectivity index (χ1v) is 8.37. The van der Waals surface area contributed by atoms with Gasteiger partial charge in [-0.2, -0.15) is 0 Å². The molecule has 0 bridgehead atoms. The van der Waals surface area contributed by atoms with E-state index in [0.29, 0.717) is 5.92 Å². The number of hydrogen-bond donors (Lipinski definition) is 0. The lowest BCUT2D eigenvalue weighted by Gasteiger charge is -2.35. The zero-order chi connectivity index (χ0) is 15.6. The molecule has 118 valence electrons. The van der Waals surface area contributed by atoms with Gasteiger partial charge in [0.2, 0.25) is 0 Å². The first kappa shape index (κ1) is 14.2. The molecule has 1 aliphatic rings. The predicted molar refractivity (Wildman–Crippen MR) is 93.6 cm³/mol. The van der Waals surface area contributed by atoms with Crippen LogP contribution in [0, 0.1) is 12.8 Å². The van der Waals surface area contributed by atoms with E-state index < -0.39 is 0 Å². The van der Waals surface area contributed by atoms with Crippen LogP contribution < -0.4 is 4.90 Å². The van der Waals surface area contributed by atoms with Crippen molar-refractivity contribution in [1.82, 2.24) is 14.5 Å². The van der Waals surface area contributed by atoms with Crippen LogP contribution >= 0.6 is 0 Å². The lowest BCUT2D eigenvalue weighted by atomic mass is 9.96. The first-order valence-electron chi connectivity index (χ1n) is 8.37. The van der Waals surface area contributed by atoms with Gasteiger partial charge in [-0.1, -0.05) is 18.2 Å². The summed E-state index contributed by atoms with van der Waals surface area (Å²) >= 11 is 0. The van der Waals surface area contributed by atoms with Crippen LogP contribution in [0.2, 0.25) is 0 Å². The topological polar surface area (TPSA) is 34.0 Å². The number of benzene rings is 1. The van der Waals surface area contributed by atoms with Crippen LogP contribution in [0.3, 0.4) is 0 Å². The van der Waals surface area contributed by atoms with Crippen molar-refractivity contribution >= 4 is 16.6 Å². The third kappa shape index (κ3) is 2.93. The second-order valence-electron chi connectivity index (χ2n) is 6.51. The number of para-hydroxylation sites is 1. The number of hydrogen-bond acceptors (Lipinski definition) is 3. The Bertz CT molecular complexity index is 794. The molecule has 1 saturated heterocycles. The summed E-state index contributed by atoms with van der Waals surface area (Å²) in [5, 5.41) is 1.27. The van der Waals surface area contributed by atoms with Crippen molar-refractivity contribution < 1.29 is 0 Å². The number of nitrogens with zero attached hydrogens (tertiary/aromatic N) is 4. The molecule has 1 unspecified atom stereocenters. The van der Waals surface area contributed by atoms with Crippen LogP contribution in [0.1, 0.15) is 18.5 Å². The Labute approximate surface area is 136 Å². The maximum absolute atomic E-state index is 4.67. The van der Waals surface area contributed by atoms with Crippen molar-refractivity contribution in [2.45, 2.75) is 26.3 Å². The molecule has 4 nitrogen and oxygen atoms in total. The Kier molecular flexibility index (Phi) is 3.74. The second-order valence-corrected chi connectivity index (χ2v) is 6.51. The predicted octanol–water partition coefficient (Wildman–Crippen LogP) is 3.66. The first-order chi connectivity index (χ1) is 11.3. The summed E-state index contributed by atoms with van der Waals surface area (Å²) in [6.07, 6.45) is 8.38. The molecule has 1 aliphatic heterocycles. The third-order valence-electron chi connectivity index (χ3n) is 4.71. The van der Waals surface area contributed by atoms with Crippen molar-refractivity contribution in [2.75, 3.05) is 18.0 Å². The van der Waals surface area contributed by atoms with E-state index in [-0.39, 0.29) is 0 Å². The molecule has 0 saturated carbocycles. The molecule has 4 rings (SSSR count). The van der Waals surface area contributed by atoms with Crippen LogP contribution in [0.5, 0.6) is 0 Å². The lowest BCUT2D eigenvalue weighted by Crippen LogP contribution is -2.37. The number of rotatable bonds is 3. The van der Waals surface area contributed by atoms with Gasteiger partial charge in [0.25, 0.3) is 0 Å². The van der Waals surface area contributed by atoms with Crippen molar-refractivity contribution in [3.8, 4) is 0 Å². The second kappa shape index (κ2) is 6.03. The molecule has 3 heterocycles. The Hall–Kier alpha value is -2.36. The van der Waals surface area contributed by atoms with E-state index in [1.165, 1.54) is 23.9 Å². The molecule has 0 amide bonds. The monoisotopic (exact) mass is 306 g/mol. The van der Waals surface area contributed by atoms with E-state index in [2.05, 4.69) is 62.9 Å². The van der Waals surface area contributed by atoms with Gasteiger partial charge in [0, 0.05) is 48.8 Å². The van der Waals surface area contributed by atoms with Crippen molar-refractivity contribution in [2.24, 2.45) is 5.92 Å². The molecule has 0 aliphatic carbocycles. The van der Waals surface area contributed by atoms with E-state index in [1.807, 2.05) is 12.5 Å². The number of anilines is 1. The minimum atomic E-state index is 0.671. The molecule has 0 N–H and O–H groups in total. The summed E-state index contributed by atoms with van der Waals surface area (Å²) in [7, 11) is 0. The highest BCUT2D eigenvalue weighted by molar-refractivity contribution is 5.92. The van der Waals surface area contributed by atoms with Gasteiger partial charge in [0.1, 0.15) is 0 Å². The van der Waals surface area contributed by atoms with E-state index in [4.69, 9.17) is 0 Å². The summed E-state index contributed by atoms with van der Waals surface area (Å²) in [5.41, 5.74) is 3.53. The Morgan fingerprint density at radius 2 is 2.17 bits per heavy atom. The smallest absolute Gasteiger partial charge is 0.0946 e. The Balaban J connectivity index is 1.62. The van der Waals surface area contributed by atoms with Gasteiger partial charge >= 0.3 is 0 Å². The Morgan fingerprint density at radius 1 is 1.26 bits per heavy atom. The summed E-state index contributed by atoms with van der Waals surface area (Å²) in [6.45, 7) is 5.38. The van der Waals surface area contributed by atoms with Gasteiger partial charge in [-0.05, 0) is 37.8 Å². The molecule has 1 fully saturated rings. The summed E-state index contributed by atoms with van der Waals surface area (Å²) in [4.78, 5) is 11.4. The third-order valence-corrected chi connectivity index (χ3v) is 4.71. The molecule has 3 aromatic rings. The quantitative estimate of drug-likeness (QED) is 0.740. The van der Waals surface area contributed by atoms with Crippen molar-refractivity contribution in [1.29, 1.82) is 0 Å². The van der Waals surface area contributed by atoms with Crippen LogP contribution in [-0.2, 0) is 6.54 Å². The molecule has 4 heteroatoms. The zero-order valence-corrected chi connectivity index (χ0v) is 13.5. The van der Waals surface area contributed by atoms with E-state index in [0.717, 1.165) is 30.8 Å². The van der Waals surface area contributed by atoms with Crippen molar-refractivity contribution in [3.63, 3.8) is 0 Å². The van der Waals surface area contributed by atoms with Crippen LogP contribution in [0.25, 0.3) is 10.9 Å².